The molecule has 10 heteroatoms. The molecule has 0 saturated heterocycles. The fourth-order valence-corrected chi connectivity index (χ4v) is 5.19. The Kier molecular flexibility index (Phi) is 4.61. The topological polar surface area (TPSA) is 141 Å². The van der Waals surface area contributed by atoms with Gasteiger partial charge in [0.15, 0.2) is 0 Å². The fraction of sp³-hybridized carbons (Fsp3) is 0.188. The van der Waals surface area contributed by atoms with Crippen molar-refractivity contribution < 1.29 is 21.6 Å². The maximum Gasteiger partial charge on any atom is 0.244 e. The first-order valence-electron chi connectivity index (χ1n) is 7.61. The molecule has 0 spiro atoms. The van der Waals surface area contributed by atoms with Crippen LogP contribution in [0, 0.1) is 0 Å². The summed E-state index contributed by atoms with van der Waals surface area (Å²) in [6.07, 6.45) is 0.152. The van der Waals surface area contributed by atoms with Crippen molar-refractivity contribution in [1.29, 1.82) is 0 Å². The predicted molar refractivity (Wildman–Crippen MR) is 93.7 cm³/mol. The molecule has 1 heterocycles. The van der Waals surface area contributed by atoms with Crippen LogP contribution in [0.3, 0.4) is 0 Å². The monoisotopic (exact) mass is 395 g/mol. The van der Waals surface area contributed by atoms with Gasteiger partial charge in [0.25, 0.3) is 0 Å². The highest BCUT2D eigenvalue weighted by Gasteiger charge is 2.38. The van der Waals surface area contributed by atoms with Gasteiger partial charge < -0.3 is 5.73 Å². The van der Waals surface area contributed by atoms with Gasteiger partial charge in [-0.15, -0.1) is 0 Å². The Morgan fingerprint density at radius 2 is 1.58 bits per heavy atom. The van der Waals surface area contributed by atoms with Gasteiger partial charge in [0.05, 0.1) is 9.79 Å². The van der Waals surface area contributed by atoms with Crippen LogP contribution in [0.4, 0.5) is 0 Å². The van der Waals surface area contributed by atoms with E-state index in [1.165, 1.54) is 18.2 Å². The van der Waals surface area contributed by atoms with Gasteiger partial charge in [-0.2, -0.15) is 4.31 Å². The van der Waals surface area contributed by atoms with Crippen LogP contribution in [0.2, 0.25) is 0 Å². The van der Waals surface area contributed by atoms with Gasteiger partial charge in [-0.1, -0.05) is 30.3 Å². The molecule has 1 atom stereocenters. The number of fused-ring (bicyclic) bond motifs is 1. The highest BCUT2D eigenvalue weighted by molar-refractivity contribution is 7.90. The Bertz CT molecular complexity index is 1080. The van der Waals surface area contributed by atoms with Gasteiger partial charge in [-0.25, -0.2) is 22.0 Å². The second kappa shape index (κ2) is 6.47. The second-order valence-electron chi connectivity index (χ2n) is 5.96. The van der Waals surface area contributed by atoms with Crippen molar-refractivity contribution in [3.05, 3.63) is 59.7 Å². The minimum atomic E-state index is -4.17. The number of benzene rings is 2. The van der Waals surface area contributed by atoms with E-state index in [0.717, 1.165) is 21.5 Å². The maximum atomic E-state index is 13.1. The zero-order valence-electron chi connectivity index (χ0n) is 13.6. The lowest BCUT2D eigenvalue weighted by molar-refractivity contribution is -0.122. The molecular weight excluding hydrogens is 378 g/mol. The second-order valence-corrected chi connectivity index (χ2v) is 9.41. The van der Waals surface area contributed by atoms with Gasteiger partial charge in [0.1, 0.15) is 6.04 Å². The van der Waals surface area contributed by atoms with Gasteiger partial charge >= 0.3 is 0 Å². The van der Waals surface area contributed by atoms with Crippen molar-refractivity contribution >= 4 is 26.0 Å². The maximum absolute atomic E-state index is 13.1. The van der Waals surface area contributed by atoms with Crippen molar-refractivity contribution in [2.45, 2.75) is 28.8 Å². The number of sulfonamides is 2. The lowest BCUT2D eigenvalue weighted by atomic mass is 9.96. The van der Waals surface area contributed by atoms with E-state index in [-0.39, 0.29) is 22.8 Å². The SMILES string of the molecule is NC(=O)[C@@H]1Cc2ccccc2CN1S(=O)(=O)c1cccc(S(N)(=O)=O)c1. The summed E-state index contributed by atoms with van der Waals surface area (Å²) in [6.45, 7) is -0.0360. The molecule has 0 unspecified atom stereocenters. The summed E-state index contributed by atoms with van der Waals surface area (Å²) in [5.41, 5.74) is 7.04. The first-order chi connectivity index (χ1) is 12.1. The molecule has 1 aliphatic rings. The van der Waals surface area contributed by atoms with Crippen LogP contribution in [0.25, 0.3) is 0 Å². The van der Waals surface area contributed by atoms with E-state index in [1.54, 1.807) is 18.2 Å². The molecule has 0 fully saturated rings. The minimum absolute atomic E-state index is 0.0360. The van der Waals surface area contributed by atoms with Crippen LogP contribution >= 0.6 is 0 Å². The first-order valence-corrected chi connectivity index (χ1v) is 10.6. The molecule has 4 N–H and O–H groups in total. The van der Waals surface area contributed by atoms with E-state index in [2.05, 4.69) is 0 Å². The number of hydrogen-bond donors (Lipinski definition) is 2. The van der Waals surface area contributed by atoms with Gasteiger partial charge in [-0.3, -0.25) is 4.79 Å². The van der Waals surface area contributed by atoms with E-state index >= 15 is 0 Å². The quantitative estimate of drug-likeness (QED) is 0.746. The minimum Gasteiger partial charge on any atom is -0.368 e. The molecule has 1 aliphatic heterocycles. The number of carbonyl (C=O) groups excluding carboxylic acids is 1. The summed E-state index contributed by atoms with van der Waals surface area (Å²) in [7, 11) is -8.24. The third-order valence-electron chi connectivity index (χ3n) is 4.27. The van der Waals surface area contributed by atoms with E-state index in [9.17, 15) is 21.6 Å². The van der Waals surface area contributed by atoms with Crippen molar-refractivity contribution in [2.75, 3.05) is 0 Å². The number of primary sulfonamides is 1. The van der Waals surface area contributed by atoms with Gasteiger partial charge in [0.2, 0.25) is 26.0 Å². The third kappa shape index (κ3) is 3.36. The predicted octanol–water partition coefficient (Wildman–Crippen LogP) is -0.0651. The molecule has 1 amide bonds. The number of carbonyl (C=O) groups is 1. The van der Waals surface area contributed by atoms with Crippen LogP contribution in [0.5, 0.6) is 0 Å². The number of amides is 1. The van der Waals surface area contributed by atoms with Gasteiger partial charge in [-0.05, 0) is 35.7 Å². The summed E-state index contributed by atoms with van der Waals surface area (Å²) in [4.78, 5) is 11.3. The van der Waals surface area contributed by atoms with Crippen LogP contribution in [0.15, 0.2) is 58.3 Å². The van der Waals surface area contributed by atoms with Crippen molar-refractivity contribution in [3.8, 4) is 0 Å². The molecule has 2 aromatic carbocycles. The summed E-state index contributed by atoms with van der Waals surface area (Å²) >= 11 is 0. The standard InChI is InChI=1S/C16H17N3O5S2/c17-16(20)15-8-11-4-1-2-5-12(11)10-19(15)26(23,24)14-7-3-6-13(9-14)25(18,21)22/h1-7,9,15H,8,10H2,(H2,17,20)(H2,18,21,22)/t15-/m0/s1. The normalized spacial score (nSPS) is 18.3. The number of nitrogens with zero attached hydrogens (tertiary/aromatic N) is 1. The van der Waals surface area contributed by atoms with E-state index in [0.29, 0.717) is 0 Å². The van der Waals surface area contributed by atoms with Crippen LogP contribution in [0.1, 0.15) is 11.1 Å². The Morgan fingerprint density at radius 3 is 2.19 bits per heavy atom. The Hall–Kier alpha value is -2.27. The summed E-state index contributed by atoms with van der Waals surface area (Å²) < 4.78 is 50.2. The molecule has 2 aromatic rings. The molecule has 3 rings (SSSR count). The number of hydrogen-bond acceptors (Lipinski definition) is 5. The molecule has 0 saturated carbocycles. The smallest absolute Gasteiger partial charge is 0.244 e. The highest BCUT2D eigenvalue weighted by Crippen LogP contribution is 2.29. The summed E-state index contributed by atoms with van der Waals surface area (Å²) in [5, 5.41) is 5.08. The zero-order valence-corrected chi connectivity index (χ0v) is 15.2. The average Bonchev–Trinajstić information content (AvgIpc) is 2.60. The Balaban J connectivity index is 2.10. The van der Waals surface area contributed by atoms with Crippen molar-refractivity contribution in [1.82, 2.24) is 4.31 Å². The Labute approximate surface area is 151 Å². The van der Waals surface area contributed by atoms with Crippen LogP contribution in [-0.2, 0) is 37.8 Å². The average molecular weight is 395 g/mol. The lowest BCUT2D eigenvalue weighted by Gasteiger charge is -2.34. The molecule has 8 nitrogen and oxygen atoms in total. The van der Waals surface area contributed by atoms with E-state index < -0.39 is 32.0 Å². The summed E-state index contributed by atoms with van der Waals surface area (Å²) in [5.74, 6) is -0.773. The van der Waals surface area contributed by atoms with Gasteiger partial charge in [0, 0.05) is 6.54 Å². The highest BCUT2D eigenvalue weighted by atomic mass is 32.2. The Morgan fingerprint density at radius 1 is 0.962 bits per heavy atom. The molecule has 138 valence electrons. The van der Waals surface area contributed by atoms with Crippen molar-refractivity contribution in [3.63, 3.8) is 0 Å². The number of nitrogens with two attached hydrogens (primary N) is 2. The number of primary amides is 1. The lowest BCUT2D eigenvalue weighted by Crippen LogP contribution is -2.51. The first kappa shape index (κ1) is 18.5. The summed E-state index contributed by atoms with van der Waals surface area (Å²) in [6, 6.07) is 10.8. The molecular formula is C16H17N3O5S2. The molecule has 26 heavy (non-hydrogen) atoms. The fourth-order valence-electron chi connectivity index (χ4n) is 2.94. The number of rotatable bonds is 4. The van der Waals surface area contributed by atoms with E-state index in [4.69, 9.17) is 10.9 Å². The molecule has 0 aromatic heterocycles. The largest absolute Gasteiger partial charge is 0.368 e. The van der Waals surface area contributed by atoms with Crippen molar-refractivity contribution in [2.24, 2.45) is 10.9 Å². The molecule has 0 aliphatic carbocycles. The van der Waals surface area contributed by atoms with E-state index in [1.807, 2.05) is 6.07 Å². The molecule has 0 radical (unpaired) electrons. The zero-order chi connectivity index (χ0) is 19.1. The third-order valence-corrected chi connectivity index (χ3v) is 7.04. The molecule has 0 bridgehead atoms. The van der Waals surface area contributed by atoms with Crippen LogP contribution in [-0.4, -0.2) is 33.1 Å². The van der Waals surface area contributed by atoms with Crippen LogP contribution < -0.4 is 10.9 Å².